The van der Waals surface area contributed by atoms with Gasteiger partial charge in [0.25, 0.3) is 0 Å². The van der Waals surface area contributed by atoms with E-state index in [4.69, 9.17) is 5.10 Å². The molecule has 1 aliphatic carbocycles. The monoisotopic (exact) mass is 277 g/mol. The van der Waals surface area contributed by atoms with E-state index in [0.717, 1.165) is 13.0 Å². The lowest BCUT2D eigenvalue weighted by molar-refractivity contribution is 0.231. The van der Waals surface area contributed by atoms with Gasteiger partial charge >= 0.3 is 0 Å². The molecule has 3 nitrogen and oxygen atoms in total. The van der Waals surface area contributed by atoms with Gasteiger partial charge in [-0.1, -0.05) is 40.5 Å². The highest BCUT2D eigenvalue weighted by molar-refractivity contribution is 5.04. The van der Waals surface area contributed by atoms with E-state index in [1.54, 1.807) is 0 Å². The van der Waals surface area contributed by atoms with Crippen molar-refractivity contribution in [3.05, 3.63) is 18.0 Å². The lowest BCUT2D eigenvalue weighted by atomic mass is 9.79. The highest BCUT2D eigenvalue weighted by Crippen LogP contribution is 2.30. The molecule has 0 radical (unpaired) electrons. The Morgan fingerprint density at radius 2 is 2.05 bits per heavy atom. The molecule has 1 aromatic heterocycles. The number of likely N-dealkylation sites (N-methyl/N-ethyl adjacent to an activating group) is 1. The lowest BCUT2D eigenvalue weighted by Gasteiger charge is -2.33. The molecule has 0 bridgehead atoms. The van der Waals surface area contributed by atoms with E-state index in [-0.39, 0.29) is 0 Å². The van der Waals surface area contributed by atoms with Crippen LogP contribution >= 0.6 is 0 Å². The van der Waals surface area contributed by atoms with E-state index in [9.17, 15) is 0 Å². The largest absolute Gasteiger partial charge is 0.313 e. The number of rotatable bonds is 7. The van der Waals surface area contributed by atoms with Gasteiger partial charge in [0.15, 0.2) is 0 Å². The Labute approximate surface area is 124 Å². The molecule has 0 aromatic carbocycles. The molecule has 1 atom stereocenters. The second kappa shape index (κ2) is 6.75. The first-order valence-electron chi connectivity index (χ1n) is 8.34. The maximum Gasteiger partial charge on any atom is 0.0640 e. The highest BCUT2D eigenvalue weighted by atomic mass is 15.3. The molecule has 1 aromatic rings. The minimum Gasteiger partial charge on any atom is -0.313 e. The van der Waals surface area contributed by atoms with Crippen molar-refractivity contribution in [1.29, 1.82) is 0 Å². The summed E-state index contributed by atoms with van der Waals surface area (Å²) >= 11 is 0. The average molecular weight is 277 g/mol. The number of hydrogen-bond donors (Lipinski definition) is 1. The highest BCUT2D eigenvalue weighted by Gasteiger charge is 2.28. The number of hydrogen-bond acceptors (Lipinski definition) is 2. The summed E-state index contributed by atoms with van der Waals surface area (Å²) in [6, 6.07) is 3.37. The molecule has 1 saturated carbocycles. The van der Waals surface area contributed by atoms with Crippen LogP contribution in [0.3, 0.4) is 0 Å². The molecule has 1 unspecified atom stereocenters. The van der Waals surface area contributed by atoms with Crippen LogP contribution in [0.1, 0.15) is 71.5 Å². The second-order valence-corrected chi connectivity index (χ2v) is 6.88. The van der Waals surface area contributed by atoms with Gasteiger partial charge in [0.1, 0.15) is 0 Å². The van der Waals surface area contributed by atoms with E-state index in [1.807, 2.05) is 0 Å². The topological polar surface area (TPSA) is 29.9 Å². The number of nitrogens with zero attached hydrogens (tertiary/aromatic N) is 2. The van der Waals surface area contributed by atoms with E-state index < -0.39 is 0 Å². The molecule has 0 saturated heterocycles. The molecule has 1 fully saturated rings. The van der Waals surface area contributed by atoms with Crippen molar-refractivity contribution in [2.24, 2.45) is 5.41 Å². The SMILES string of the molecule is CCNC(Cc1ccn(C2CCCC2)n1)C(C)(C)CC. The van der Waals surface area contributed by atoms with Gasteiger partial charge in [-0.3, -0.25) is 4.68 Å². The number of aromatic nitrogens is 2. The zero-order valence-corrected chi connectivity index (χ0v) is 13.7. The van der Waals surface area contributed by atoms with E-state index in [1.165, 1.54) is 37.8 Å². The van der Waals surface area contributed by atoms with Gasteiger partial charge in [-0.2, -0.15) is 5.10 Å². The van der Waals surface area contributed by atoms with Crippen molar-refractivity contribution >= 4 is 0 Å². The van der Waals surface area contributed by atoms with Crippen LogP contribution in [-0.4, -0.2) is 22.4 Å². The van der Waals surface area contributed by atoms with Crippen molar-refractivity contribution < 1.29 is 0 Å². The molecule has 2 rings (SSSR count). The molecule has 20 heavy (non-hydrogen) atoms. The normalized spacial score (nSPS) is 18.6. The predicted molar refractivity (Wildman–Crippen MR) is 85.0 cm³/mol. The van der Waals surface area contributed by atoms with Crippen LogP contribution in [0.15, 0.2) is 12.3 Å². The van der Waals surface area contributed by atoms with Gasteiger partial charge in [0.05, 0.1) is 11.7 Å². The molecule has 0 amide bonds. The van der Waals surface area contributed by atoms with Crippen molar-refractivity contribution in [3.8, 4) is 0 Å². The Hall–Kier alpha value is -0.830. The summed E-state index contributed by atoms with van der Waals surface area (Å²) in [6.07, 6.45) is 9.75. The van der Waals surface area contributed by atoms with Crippen molar-refractivity contribution in [2.75, 3.05) is 6.54 Å². The van der Waals surface area contributed by atoms with Gasteiger partial charge in [-0.25, -0.2) is 0 Å². The molecule has 1 aliphatic rings. The Kier molecular flexibility index (Phi) is 5.25. The van der Waals surface area contributed by atoms with Crippen LogP contribution < -0.4 is 5.32 Å². The van der Waals surface area contributed by atoms with E-state index in [2.05, 4.69) is 50.0 Å². The fourth-order valence-corrected chi connectivity index (χ4v) is 3.19. The van der Waals surface area contributed by atoms with Gasteiger partial charge in [-0.15, -0.1) is 0 Å². The fraction of sp³-hybridized carbons (Fsp3) is 0.824. The first-order valence-corrected chi connectivity index (χ1v) is 8.34. The molecular weight excluding hydrogens is 246 g/mol. The number of nitrogens with one attached hydrogen (secondary N) is 1. The predicted octanol–water partition coefficient (Wildman–Crippen LogP) is 3.96. The average Bonchev–Trinajstić information content (AvgIpc) is 3.08. The summed E-state index contributed by atoms with van der Waals surface area (Å²) in [6.45, 7) is 10.2. The first kappa shape index (κ1) is 15.6. The van der Waals surface area contributed by atoms with Gasteiger partial charge in [-0.05, 0) is 37.3 Å². The van der Waals surface area contributed by atoms with Crippen molar-refractivity contribution in [3.63, 3.8) is 0 Å². The molecule has 1 N–H and O–H groups in total. The summed E-state index contributed by atoms with van der Waals surface area (Å²) in [5, 5.41) is 8.49. The minimum atomic E-state index is 0.313. The zero-order chi connectivity index (χ0) is 14.6. The van der Waals surface area contributed by atoms with Gasteiger partial charge < -0.3 is 5.32 Å². The minimum absolute atomic E-state index is 0.313. The van der Waals surface area contributed by atoms with Crippen LogP contribution in [0.4, 0.5) is 0 Å². The molecule has 0 aliphatic heterocycles. The fourth-order valence-electron chi connectivity index (χ4n) is 3.19. The smallest absolute Gasteiger partial charge is 0.0640 e. The van der Waals surface area contributed by atoms with Crippen LogP contribution in [0.5, 0.6) is 0 Å². The summed E-state index contributed by atoms with van der Waals surface area (Å²) < 4.78 is 2.21. The van der Waals surface area contributed by atoms with Crippen LogP contribution in [0, 0.1) is 5.41 Å². The van der Waals surface area contributed by atoms with Crippen LogP contribution in [-0.2, 0) is 6.42 Å². The summed E-state index contributed by atoms with van der Waals surface area (Å²) in [7, 11) is 0. The van der Waals surface area contributed by atoms with Crippen molar-refractivity contribution in [2.45, 2.75) is 78.3 Å². The maximum absolute atomic E-state index is 4.84. The van der Waals surface area contributed by atoms with Gasteiger partial charge in [0.2, 0.25) is 0 Å². The third-order valence-corrected chi connectivity index (χ3v) is 5.08. The Morgan fingerprint density at radius 1 is 1.35 bits per heavy atom. The molecule has 0 spiro atoms. The molecule has 3 heteroatoms. The lowest BCUT2D eigenvalue weighted by Crippen LogP contribution is -2.43. The zero-order valence-electron chi connectivity index (χ0n) is 13.7. The Bertz CT molecular complexity index is 402. The summed E-state index contributed by atoms with van der Waals surface area (Å²) in [5.41, 5.74) is 1.55. The maximum atomic E-state index is 4.84. The quantitative estimate of drug-likeness (QED) is 0.817. The first-order chi connectivity index (χ1) is 9.56. The third kappa shape index (κ3) is 3.63. The second-order valence-electron chi connectivity index (χ2n) is 6.88. The van der Waals surface area contributed by atoms with E-state index >= 15 is 0 Å². The summed E-state index contributed by atoms with van der Waals surface area (Å²) in [5.74, 6) is 0. The van der Waals surface area contributed by atoms with E-state index in [0.29, 0.717) is 17.5 Å². The third-order valence-electron chi connectivity index (χ3n) is 5.08. The molecule has 114 valence electrons. The Morgan fingerprint density at radius 3 is 2.65 bits per heavy atom. The van der Waals surface area contributed by atoms with Crippen LogP contribution in [0.25, 0.3) is 0 Å². The van der Waals surface area contributed by atoms with Crippen LogP contribution in [0.2, 0.25) is 0 Å². The molecular formula is C17H31N3. The van der Waals surface area contributed by atoms with Gasteiger partial charge in [0, 0.05) is 18.7 Å². The standard InChI is InChI=1S/C17H31N3/c1-5-17(3,4)16(18-6-2)13-14-11-12-20(19-14)15-9-7-8-10-15/h11-12,15-16,18H,5-10,13H2,1-4H3. The molecule has 1 heterocycles. The summed E-state index contributed by atoms with van der Waals surface area (Å²) in [4.78, 5) is 0. The van der Waals surface area contributed by atoms with Crippen molar-refractivity contribution in [1.82, 2.24) is 15.1 Å². The Balaban J connectivity index is 2.03.